The van der Waals surface area contributed by atoms with Crippen LogP contribution in [0.15, 0.2) is 71.6 Å². The van der Waals surface area contributed by atoms with Crippen molar-refractivity contribution in [2.45, 2.75) is 82.8 Å². The SMILES string of the molecule is CCC(C(=O)NC1CCCCC1)N(Cc1ccc(C)cc1)C(=O)CN(c1ccc(OC)cc1)S(=O)(=O)c1ccc(C)c([N+](=O)[O-])c1. The summed E-state index contributed by atoms with van der Waals surface area (Å²) in [6, 6.07) is 16.6. The van der Waals surface area contributed by atoms with E-state index in [1.165, 1.54) is 43.2 Å². The second kappa shape index (κ2) is 15.2. The van der Waals surface area contributed by atoms with Gasteiger partial charge in [0.05, 0.1) is 22.6 Å². The van der Waals surface area contributed by atoms with Crippen LogP contribution in [0.3, 0.4) is 0 Å². The Labute approximate surface area is 270 Å². The Bertz CT molecular complexity index is 1640. The molecule has 0 spiro atoms. The number of ether oxygens (including phenoxy) is 1. The van der Waals surface area contributed by atoms with Crippen molar-refractivity contribution in [2.75, 3.05) is 18.0 Å². The first-order valence-electron chi connectivity index (χ1n) is 15.5. The minimum absolute atomic E-state index is 0.0279. The number of rotatable bonds is 13. The topological polar surface area (TPSA) is 139 Å². The third-order valence-electron chi connectivity index (χ3n) is 8.42. The van der Waals surface area contributed by atoms with Gasteiger partial charge in [0.25, 0.3) is 15.7 Å². The number of nitrogens with one attached hydrogen (secondary N) is 1. The summed E-state index contributed by atoms with van der Waals surface area (Å²) in [5.74, 6) is -0.389. The van der Waals surface area contributed by atoms with Crippen molar-refractivity contribution in [3.8, 4) is 5.75 Å². The molecule has 1 unspecified atom stereocenters. The second-order valence-corrected chi connectivity index (χ2v) is 13.6. The third-order valence-corrected chi connectivity index (χ3v) is 10.2. The van der Waals surface area contributed by atoms with E-state index in [1.54, 1.807) is 12.1 Å². The number of hydrogen-bond donors (Lipinski definition) is 1. The first kappa shape index (κ1) is 34.4. The zero-order valence-corrected chi connectivity index (χ0v) is 27.6. The van der Waals surface area contributed by atoms with Crippen LogP contribution in [0.2, 0.25) is 0 Å². The van der Waals surface area contributed by atoms with Gasteiger partial charge in [-0.1, -0.05) is 62.1 Å². The fourth-order valence-electron chi connectivity index (χ4n) is 5.70. The first-order chi connectivity index (χ1) is 21.9. The number of methoxy groups -OCH3 is 1. The van der Waals surface area contributed by atoms with E-state index in [2.05, 4.69) is 5.32 Å². The van der Waals surface area contributed by atoms with Crippen LogP contribution in [0.5, 0.6) is 5.75 Å². The second-order valence-electron chi connectivity index (χ2n) is 11.7. The molecule has 246 valence electrons. The standard InChI is InChI=1S/C34H42N4O7S/c1-5-31(34(40)35-27-9-7-6-8-10-27)36(22-26-14-11-24(2)12-15-26)33(39)23-37(28-16-18-29(45-4)19-17-28)46(43,44)30-20-13-25(3)32(21-30)38(41)42/h11-21,27,31H,5-10,22-23H2,1-4H3,(H,35,40). The summed E-state index contributed by atoms with van der Waals surface area (Å²) in [6.07, 6.45) is 5.25. The Morgan fingerprint density at radius 3 is 2.24 bits per heavy atom. The van der Waals surface area contributed by atoms with Gasteiger partial charge in [0.15, 0.2) is 0 Å². The number of carbonyl (C=O) groups is 2. The maximum absolute atomic E-state index is 14.3. The van der Waals surface area contributed by atoms with Gasteiger partial charge in [-0.05, 0) is 69.0 Å². The Morgan fingerprint density at radius 2 is 1.65 bits per heavy atom. The van der Waals surface area contributed by atoms with Gasteiger partial charge in [0.2, 0.25) is 11.8 Å². The van der Waals surface area contributed by atoms with E-state index in [0.29, 0.717) is 17.7 Å². The maximum atomic E-state index is 14.3. The van der Waals surface area contributed by atoms with Gasteiger partial charge < -0.3 is 15.0 Å². The quantitative estimate of drug-likeness (QED) is 0.186. The fraction of sp³-hybridized carbons (Fsp3) is 0.412. The molecule has 46 heavy (non-hydrogen) atoms. The van der Waals surface area contributed by atoms with Crippen molar-refractivity contribution < 1.29 is 27.7 Å². The average molecular weight is 651 g/mol. The van der Waals surface area contributed by atoms with Crippen LogP contribution in [0, 0.1) is 24.0 Å². The molecule has 3 aromatic rings. The summed E-state index contributed by atoms with van der Waals surface area (Å²) < 4.78 is 34.5. The van der Waals surface area contributed by atoms with E-state index in [0.717, 1.165) is 53.6 Å². The van der Waals surface area contributed by atoms with Crippen molar-refractivity contribution >= 4 is 33.2 Å². The van der Waals surface area contributed by atoms with Crippen LogP contribution in [0.1, 0.15) is 62.1 Å². The number of nitro benzene ring substituents is 1. The zero-order chi connectivity index (χ0) is 33.4. The Kier molecular flexibility index (Phi) is 11.4. The van der Waals surface area contributed by atoms with Crippen molar-refractivity contribution in [3.05, 3.63) is 93.5 Å². The molecule has 1 atom stereocenters. The lowest BCUT2D eigenvalue weighted by molar-refractivity contribution is -0.385. The monoisotopic (exact) mass is 650 g/mol. The highest BCUT2D eigenvalue weighted by molar-refractivity contribution is 7.92. The van der Waals surface area contributed by atoms with Crippen molar-refractivity contribution in [3.63, 3.8) is 0 Å². The van der Waals surface area contributed by atoms with Gasteiger partial charge in [0.1, 0.15) is 18.3 Å². The lowest BCUT2D eigenvalue weighted by atomic mass is 9.95. The van der Waals surface area contributed by atoms with Crippen molar-refractivity contribution in [2.24, 2.45) is 0 Å². The number of amides is 2. The summed E-state index contributed by atoms with van der Waals surface area (Å²) in [5, 5.41) is 14.8. The van der Waals surface area contributed by atoms with Gasteiger partial charge in [-0.3, -0.25) is 24.0 Å². The molecular weight excluding hydrogens is 608 g/mol. The predicted molar refractivity (Wildman–Crippen MR) is 176 cm³/mol. The molecule has 0 saturated heterocycles. The lowest BCUT2D eigenvalue weighted by Crippen LogP contribution is -2.54. The van der Waals surface area contributed by atoms with Gasteiger partial charge in [-0.2, -0.15) is 0 Å². The molecule has 12 heteroatoms. The highest BCUT2D eigenvalue weighted by atomic mass is 32.2. The molecule has 1 N–H and O–H groups in total. The third kappa shape index (κ3) is 8.22. The molecule has 0 heterocycles. The molecule has 4 rings (SSSR count). The normalized spacial score (nSPS) is 14.3. The number of aryl methyl sites for hydroxylation is 2. The Morgan fingerprint density at radius 1 is 1.00 bits per heavy atom. The van der Waals surface area contributed by atoms with Crippen LogP contribution in [0.25, 0.3) is 0 Å². The Balaban J connectivity index is 1.75. The van der Waals surface area contributed by atoms with E-state index >= 15 is 0 Å². The lowest BCUT2D eigenvalue weighted by Gasteiger charge is -2.34. The molecular formula is C34H42N4O7S. The molecule has 1 aliphatic rings. The number of nitro groups is 1. The summed E-state index contributed by atoms with van der Waals surface area (Å²) >= 11 is 0. The van der Waals surface area contributed by atoms with Crippen LogP contribution in [-0.4, -0.2) is 55.8 Å². The van der Waals surface area contributed by atoms with E-state index in [-0.39, 0.29) is 34.8 Å². The number of nitrogens with zero attached hydrogens (tertiary/aromatic N) is 3. The van der Waals surface area contributed by atoms with Gasteiger partial charge in [-0.15, -0.1) is 0 Å². The number of anilines is 1. The van der Waals surface area contributed by atoms with E-state index in [1.807, 2.05) is 38.1 Å². The minimum atomic E-state index is -4.49. The molecule has 0 aromatic heterocycles. The highest BCUT2D eigenvalue weighted by Crippen LogP contribution is 2.30. The average Bonchev–Trinajstić information content (AvgIpc) is 3.04. The molecule has 1 fully saturated rings. The molecule has 0 aliphatic heterocycles. The summed E-state index contributed by atoms with van der Waals surface area (Å²) in [4.78, 5) is 40.2. The maximum Gasteiger partial charge on any atom is 0.273 e. The number of hydrogen-bond acceptors (Lipinski definition) is 7. The Hall–Kier alpha value is -4.45. The number of benzene rings is 3. The largest absolute Gasteiger partial charge is 0.497 e. The minimum Gasteiger partial charge on any atom is -0.497 e. The first-order valence-corrected chi connectivity index (χ1v) is 17.0. The number of sulfonamides is 1. The van der Waals surface area contributed by atoms with Crippen LogP contribution < -0.4 is 14.4 Å². The van der Waals surface area contributed by atoms with Crippen LogP contribution in [-0.2, 0) is 26.2 Å². The van der Waals surface area contributed by atoms with E-state index in [4.69, 9.17) is 4.74 Å². The smallest absolute Gasteiger partial charge is 0.273 e. The molecule has 3 aromatic carbocycles. The molecule has 11 nitrogen and oxygen atoms in total. The van der Waals surface area contributed by atoms with E-state index < -0.39 is 33.4 Å². The van der Waals surface area contributed by atoms with Crippen LogP contribution in [0.4, 0.5) is 11.4 Å². The predicted octanol–water partition coefficient (Wildman–Crippen LogP) is 5.67. The molecule has 2 amide bonds. The fourth-order valence-corrected chi connectivity index (χ4v) is 7.14. The van der Waals surface area contributed by atoms with Crippen LogP contribution >= 0.6 is 0 Å². The van der Waals surface area contributed by atoms with Gasteiger partial charge in [0, 0.05) is 24.2 Å². The summed E-state index contributed by atoms with van der Waals surface area (Å²) in [7, 11) is -3.01. The van der Waals surface area contributed by atoms with Gasteiger partial charge in [-0.25, -0.2) is 8.42 Å². The molecule has 1 aliphatic carbocycles. The highest BCUT2D eigenvalue weighted by Gasteiger charge is 2.35. The molecule has 1 saturated carbocycles. The van der Waals surface area contributed by atoms with Crippen molar-refractivity contribution in [1.82, 2.24) is 10.2 Å². The van der Waals surface area contributed by atoms with Gasteiger partial charge >= 0.3 is 0 Å². The zero-order valence-electron chi connectivity index (χ0n) is 26.8. The molecule has 0 bridgehead atoms. The van der Waals surface area contributed by atoms with E-state index in [9.17, 15) is 28.1 Å². The summed E-state index contributed by atoms with van der Waals surface area (Å²) in [6.45, 7) is 4.74. The molecule has 0 radical (unpaired) electrons. The summed E-state index contributed by atoms with van der Waals surface area (Å²) in [5.41, 5.74) is 1.93. The van der Waals surface area contributed by atoms with Crippen molar-refractivity contribution in [1.29, 1.82) is 0 Å². The number of carbonyl (C=O) groups excluding carboxylic acids is 2.